The van der Waals surface area contributed by atoms with Crippen molar-refractivity contribution in [1.82, 2.24) is 0 Å². The molecule has 0 heteroatoms. The van der Waals surface area contributed by atoms with Crippen LogP contribution in [-0.2, 0) is 0 Å². The van der Waals surface area contributed by atoms with E-state index in [2.05, 4.69) is 6.92 Å². The Kier molecular flexibility index (Phi) is 0.479. The van der Waals surface area contributed by atoms with Gasteiger partial charge in [-0.1, -0.05) is 6.92 Å². The molecule has 0 heterocycles. The molecule has 4 aliphatic carbocycles. The van der Waals surface area contributed by atoms with Crippen LogP contribution in [0.2, 0.25) is 0 Å². The first-order valence-electron chi connectivity index (χ1n) is 4.80. The van der Waals surface area contributed by atoms with Gasteiger partial charge in [0.25, 0.3) is 0 Å². The van der Waals surface area contributed by atoms with Crippen molar-refractivity contribution in [2.24, 2.45) is 35.0 Å². The maximum atomic E-state index is 2.52. The summed E-state index contributed by atoms with van der Waals surface area (Å²) in [5, 5.41) is 0. The Hall–Kier alpha value is 0. The molecule has 0 aliphatic heterocycles. The fourth-order valence-corrected chi connectivity index (χ4v) is 4.33. The number of hydrogen-bond donors (Lipinski definition) is 0. The van der Waals surface area contributed by atoms with Crippen LogP contribution in [0, 0.1) is 35.0 Å². The standard InChI is InChI=1S/C10H14/c1-10-3-7-5-2-6(5)9(7)8(10)4-10/h5-9H,2-4H2,1H3/t5?,6-,7?,8?,9?,10?/m0/s1. The molecule has 0 aromatic rings. The summed E-state index contributed by atoms with van der Waals surface area (Å²) in [7, 11) is 0. The van der Waals surface area contributed by atoms with Gasteiger partial charge < -0.3 is 0 Å². The lowest BCUT2D eigenvalue weighted by Gasteiger charge is -2.32. The van der Waals surface area contributed by atoms with Gasteiger partial charge in [-0.25, -0.2) is 0 Å². The van der Waals surface area contributed by atoms with Crippen LogP contribution in [0.5, 0.6) is 0 Å². The summed E-state index contributed by atoms with van der Waals surface area (Å²) in [5.74, 6) is 6.18. The molecule has 0 saturated heterocycles. The lowest BCUT2D eigenvalue weighted by atomic mass is 9.73. The highest BCUT2D eigenvalue weighted by atomic mass is 14.8. The molecule has 0 aromatic heterocycles. The first-order chi connectivity index (χ1) is 4.80. The summed E-state index contributed by atoms with van der Waals surface area (Å²) in [6, 6.07) is 0. The second kappa shape index (κ2) is 1.00. The summed E-state index contributed by atoms with van der Waals surface area (Å²) in [4.78, 5) is 0. The molecule has 4 saturated carbocycles. The minimum Gasteiger partial charge on any atom is -0.0593 e. The van der Waals surface area contributed by atoms with Gasteiger partial charge in [0.1, 0.15) is 0 Å². The van der Waals surface area contributed by atoms with E-state index in [1.807, 2.05) is 0 Å². The molecule has 0 amide bonds. The molecule has 4 aliphatic rings. The molecule has 4 fully saturated rings. The van der Waals surface area contributed by atoms with Crippen LogP contribution in [0.3, 0.4) is 0 Å². The van der Waals surface area contributed by atoms with Crippen molar-refractivity contribution < 1.29 is 0 Å². The average Bonchev–Trinajstić information content (AvgIpc) is 2.71. The van der Waals surface area contributed by atoms with Crippen LogP contribution >= 0.6 is 0 Å². The molecule has 4 rings (SSSR count). The third-order valence-electron chi connectivity index (χ3n) is 5.02. The van der Waals surface area contributed by atoms with Crippen LogP contribution in [0.15, 0.2) is 0 Å². The van der Waals surface area contributed by atoms with Gasteiger partial charge in [-0.05, 0) is 54.3 Å². The summed E-state index contributed by atoms with van der Waals surface area (Å²) in [6.45, 7) is 2.52. The SMILES string of the molecule is CC12CC3C4C[C@@H]4C3C1C2. The van der Waals surface area contributed by atoms with Crippen molar-refractivity contribution in [3.63, 3.8) is 0 Å². The lowest BCUT2D eigenvalue weighted by Crippen LogP contribution is -2.27. The average molecular weight is 134 g/mol. The molecule has 0 spiro atoms. The fraction of sp³-hybridized carbons (Fsp3) is 1.00. The first-order valence-corrected chi connectivity index (χ1v) is 4.80. The van der Waals surface area contributed by atoms with Gasteiger partial charge in [0.15, 0.2) is 0 Å². The minimum atomic E-state index is 0.878. The Morgan fingerprint density at radius 2 is 2.00 bits per heavy atom. The third-order valence-corrected chi connectivity index (χ3v) is 5.02. The van der Waals surface area contributed by atoms with Crippen molar-refractivity contribution in [1.29, 1.82) is 0 Å². The van der Waals surface area contributed by atoms with Gasteiger partial charge >= 0.3 is 0 Å². The molecule has 0 radical (unpaired) electrons. The van der Waals surface area contributed by atoms with Gasteiger partial charge in [-0.15, -0.1) is 0 Å². The molecular weight excluding hydrogens is 120 g/mol. The molecule has 54 valence electrons. The number of fused-ring (bicyclic) bond motifs is 6. The zero-order valence-electron chi connectivity index (χ0n) is 6.51. The predicted octanol–water partition coefficient (Wildman–Crippen LogP) is 2.30. The summed E-state index contributed by atoms with van der Waals surface area (Å²) in [5.41, 5.74) is 0.878. The first kappa shape index (κ1) is 4.79. The summed E-state index contributed by atoms with van der Waals surface area (Å²) in [6.07, 6.45) is 4.84. The van der Waals surface area contributed by atoms with Crippen LogP contribution in [0.25, 0.3) is 0 Å². The normalized spacial score (nSPS) is 80.7. The Balaban J connectivity index is 1.78. The summed E-state index contributed by atoms with van der Waals surface area (Å²) < 4.78 is 0. The van der Waals surface area contributed by atoms with E-state index in [4.69, 9.17) is 0 Å². The fourth-order valence-electron chi connectivity index (χ4n) is 4.33. The van der Waals surface area contributed by atoms with E-state index in [0.717, 1.165) is 5.41 Å². The zero-order valence-corrected chi connectivity index (χ0v) is 6.51. The van der Waals surface area contributed by atoms with Gasteiger partial charge in [0, 0.05) is 0 Å². The van der Waals surface area contributed by atoms with E-state index in [1.165, 1.54) is 29.6 Å². The van der Waals surface area contributed by atoms with Gasteiger partial charge in [-0.3, -0.25) is 0 Å². The topological polar surface area (TPSA) is 0 Å². The Bertz CT molecular complexity index is 218. The van der Waals surface area contributed by atoms with Crippen LogP contribution in [0.4, 0.5) is 0 Å². The van der Waals surface area contributed by atoms with Crippen molar-refractivity contribution in [3.05, 3.63) is 0 Å². The van der Waals surface area contributed by atoms with Crippen molar-refractivity contribution in [3.8, 4) is 0 Å². The van der Waals surface area contributed by atoms with Crippen molar-refractivity contribution >= 4 is 0 Å². The molecule has 0 aromatic carbocycles. The van der Waals surface area contributed by atoms with E-state index < -0.39 is 0 Å². The molecule has 0 bridgehead atoms. The number of hydrogen-bond acceptors (Lipinski definition) is 0. The Morgan fingerprint density at radius 1 is 1.10 bits per heavy atom. The Morgan fingerprint density at radius 3 is 2.80 bits per heavy atom. The van der Waals surface area contributed by atoms with E-state index in [1.54, 1.807) is 19.3 Å². The highest BCUT2D eigenvalue weighted by molar-refractivity contribution is 5.24. The van der Waals surface area contributed by atoms with Gasteiger partial charge in [0.2, 0.25) is 0 Å². The lowest BCUT2D eigenvalue weighted by molar-refractivity contribution is 0.159. The zero-order chi connectivity index (χ0) is 6.51. The van der Waals surface area contributed by atoms with E-state index >= 15 is 0 Å². The largest absolute Gasteiger partial charge is 0.0593 e. The molecule has 0 N–H and O–H groups in total. The number of rotatable bonds is 0. The van der Waals surface area contributed by atoms with E-state index in [0.29, 0.717) is 0 Å². The van der Waals surface area contributed by atoms with Crippen LogP contribution in [-0.4, -0.2) is 0 Å². The quantitative estimate of drug-likeness (QED) is 0.477. The second-order valence-corrected chi connectivity index (χ2v) is 5.47. The van der Waals surface area contributed by atoms with Gasteiger partial charge in [0.05, 0.1) is 0 Å². The minimum absolute atomic E-state index is 0.878. The van der Waals surface area contributed by atoms with Crippen molar-refractivity contribution in [2.75, 3.05) is 0 Å². The summed E-state index contributed by atoms with van der Waals surface area (Å²) >= 11 is 0. The maximum Gasteiger partial charge on any atom is -0.0289 e. The second-order valence-electron chi connectivity index (χ2n) is 5.47. The third kappa shape index (κ3) is 0.302. The smallest absolute Gasteiger partial charge is 0.0289 e. The van der Waals surface area contributed by atoms with Crippen LogP contribution in [0.1, 0.15) is 26.2 Å². The van der Waals surface area contributed by atoms with Crippen molar-refractivity contribution in [2.45, 2.75) is 26.2 Å². The highest BCUT2D eigenvalue weighted by Crippen LogP contribution is 2.82. The monoisotopic (exact) mass is 134 g/mol. The molecular formula is C10H14. The highest BCUT2D eigenvalue weighted by Gasteiger charge is 2.75. The van der Waals surface area contributed by atoms with E-state index in [9.17, 15) is 0 Å². The van der Waals surface area contributed by atoms with E-state index in [-0.39, 0.29) is 0 Å². The Labute approximate surface area is 62.0 Å². The van der Waals surface area contributed by atoms with Crippen LogP contribution < -0.4 is 0 Å². The molecule has 6 atom stereocenters. The van der Waals surface area contributed by atoms with Gasteiger partial charge in [-0.2, -0.15) is 0 Å². The maximum absolute atomic E-state index is 2.52. The predicted molar refractivity (Wildman–Crippen MR) is 39.4 cm³/mol. The molecule has 10 heavy (non-hydrogen) atoms. The molecule has 0 nitrogen and oxygen atoms in total. The molecule has 5 unspecified atom stereocenters.